The number of rotatable bonds is 9. The zero-order valence-electron chi connectivity index (χ0n) is 24.7. The maximum absolute atomic E-state index is 13.7. The highest BCUT2D eigenvalue weighted by atomic mass is 32.2. The molecule has 1 saturated carbocycles. The van der Waals surface area contributed by atoms with Crippen LogP contribution >= 0.6 is 0 Å². The Bertz CT molecular complexity index is 1680. The third-order valence-corrected chi connectivity index (χ3v) is 10.7. The van der Waals surface area contributed by atoms with Crippen molar-refractivity contribution in [2.45, 2.75) is 81.4 Å². The van der Waals surface area contributed by atoms with Gasteiger partial charge in [-0.1, -0.05) is 31.4 Å². The van der Waals surface area contributed by atoms with E-state index in [0.29, 0.717) is 35.2 Å². The summed E-state index contributed by atoms with van der Waals surface area (Å²) in [5.41, 5.74) is -0.281. The van der Waals surface area contributed by atoms with Gasteiger partial charge >= 0.3 is 6.18 Å². The second-order valence-corrected chi connectivity index (χ2v) is 14.1. The number of fused-ring (bicyclic) bond motifs is 1. The maximum atomic E-state index is 13.7. The summed E-state index contributed by atoms with van der Waals surface area (Å²) >= 11 is 0. The van der Waals surface area contributed by atoms with Crippen LogP contribution in [-0.4, -0.2) is 43.7 Å². The summed E-state index contributed by atoms with van der Waals surface area (Å²) in [6.07, 6.45) is 5.95. The molecule has 2 atom stereocenters. The Morgan fingerprint density at radius 1 is 1.02 bits per heavy atom. The third kappa shape index (κ3) is 7.54. The van der Waals surface area contributed by atoms with E-state index < -0.39 is 27.1 Å². The van der Waals surface area contributed by atoms with E-state index in [2.05, 4.69) is 15.2 Å². The van der Waals surface area contributed by atoms with Gasteiger partial charge in [0.15, 0.2) is 9.84 Å². The number of H-pyrrole nitrogens is 1. The number of carbonyl (C=O) groups excluding carboxylic acids is 1. The van der Waals surface area contributed by atoms with Gasteiger partial charge in [-0.3, -0.25) is 9.59 Å². The van der Waals surface area contributed by atoms with E-state index in [4.69, 9.17) is 0 Å². The quantitative estimate of drug-likeness (QED) is 0.264. The SMILES string of the molecule is C[C@@H]1CC[C@H](CCNC(=O)C=Cc2ccc(S(=O)(=O)CC3CCCCC3)cc2)N1c1ccc2[nH]c(=O)cc(C(F)(F)F)c2c1. The molecule has 1 aliphatic heterocycles. The van der Waals surface area contributed by atoms with Crippen molar-refractivity contribution in [2.75, 3.05) is 17.2 Å². The van der Waals surface area contributed by atoms with Crippen molar-refractivity contribution in [3.63, 3.8) is 0 Å². The van der Waals surface area contributed by atoms with Gasteiger partial charge < -0.3 is 15.2 Å². The lowest BCUT2D eigenvalue weighted by Crippen LogP contribution is -2.37. The molecule has 2 N–H and O–H groups in total. The predicted molar refractivity (Wildman–Crippen MR) is 166 cm³/mol. The Kier molecular flexibility index (Phi) is 9.53. The summed E-state index contributed by atoms with van der Waals surface area (Å²) in [4.78, 5) is 29.2. The van der Waals surface area contributed by atoms with E-state index in [0.717, 1.165) is 38.5 Å². The topological polar surface area (TPSA) is 99.3 Å². The van der Waals surface area contributed by atoms with Gasteiger partial charge in [-0.25, -0.2) is 8.42 Å². The minimum absolute atomic E-state index is 0.0203. The van der Waals surface area contributed by atoms with Crippen LogP contribution < -0.4 is 15.8 Å². The summed E-state index contributed by atoms with van der Waals surface area (Å²) in [7, 11) is -3.35. The number of hydrogen-bond acceptors (Lipinski definition) is 5. The van der Waals surface area contributed by atoms with E-state index in [-0.39, 0.29) is 40.6 Å². The first kappa shape index (κ1) is 31.8. The summed E-state index contributed by atoms with van der Waals surface area (Å²) in [5.74, 6) is 0.109. The number of nitrogens with zero attached hydrogens (tertiary/aromatic N) is 1. The van der Waals surface area contributed by atoms with Gasteiger partial charge in [-0.05, 0) is 86.9 Å². The van der Waals surface area contributed by atoms with Gasteiger partial charge in [0.1, 0.15) is 0 Å². The van der Waals surface area contributed by atoms with Crippen LogP contribution in [-0.2, 0) is 20.8 Å². The van der Waals surface area contributed by atoms with E-state index >= 15 is 0 Å². The van der Waals surface area contributed by atoms with Gasteiger partial charge in [0.2, 0.25) is 11.5 Å². The molecule has 1 aliphatic carbocycles. The number of aromatic amines is 1. The van der Waals surface area contributed by atoms with Gasteiger partial charge in [0.05, 0.1) is 16.2 Å². The number of pyridine rings is 1. The molecule has 3 aromatic rings. The summed E-state index contributed by atoms with van der Waals surface area (Å²) in [5, 5.41) is 2.82. The van der Waals surface area contributed by atoms with Crippen LogP contribution in [0.4, 0.5) is 18.9 Å². The standard InChI is InChI=1S/C33H38F3N3O4S/c1-22-7-11-25(39(22)26-12-15-30-28(19-26)29(33(34,35)36)20-32(41)38-30)17-18-37-31(40)16-10-23-8-13-27(14-9-23)44(42,43)21-24-5-3-2-4-6-24/h8-10,12-16,19-20,22,24-25H,2-7,11,17-18,21H2,1H3,(H,37,40)(H,38,41)/t22-,25-/m1/s1. The lowest BCUT2D eigenvalue weighted by molar-refractivity contribution is -0.136. The number of benzene rings is 2. The first-order valence-electron chi connectivity index (χ1n) is 15.2. The Morgan fingerprint density at radius 2 is 1.75 bits per heavy atom. The minimum atomic E-state index is -4.66. The van der Waals surface area contributed by atoms with Gasteiger partial charge in [0.25, 0.3) is 0 Å². The molecule has 2 heterocycles. The summed E-state index contributed by atoms with van der Waals surface area (Å²) in [6.45, 7) is 2.40. The van der Waals surface area contributed by atoms with Crippen molar-refractivity contribution in [3.05, 3.63) is 76.1 Å². The fourth-order valence-electron chi connectivity index (χ4n) is 6.60. The Balaban J connectivity index is 1.17. The van der Waals surface area contributed by atoms with Crippen molar-refractivity contribution in [1.82, 2.24) is 10.3 Å². The molecule has 0 spiro atoms. The minimum Gasteiger partial charge on any atom is -0.366 e. The van der Waals surface area contributed by atoms with E-state index in [9.17, 15) is 31.2 Å². The smallest absolute Gasteiger partial charge is 0.366 e. The average molecular weight is 630 g/mol. The van der Waals surface area contributed by atoms with Crippen LogP contribution in [0, 0.1) is 5.92 Å². The monoisotopic (exact) mass is 629 g/mol. The predicted octanol–water partition coefficient (Wildman–Crippen LogP) is 6.48. The molecule has 1 aromatic heterocycles. The number of anilines is 1. The second kappa shape index (κ2) is 13.2. The second-order valence-electron chi connectivity index (χ2n) is 12.0. The molecule has 7 nitrogen and oxygen atoms in total. The first-order valence-corrected chi connectivity index (χ1v) is 16.9. The largest absolute Gasteiger partial charge is 0.417 e. The van der Waals surface area contributed by atoms with Crippen LogP contribution in [0.5, 0.6) is 0 Å². The number of carbonyl (C=O) groups is 1. The number of sulfone groups is 1. The number of hydrogen-bond donors (Lipinski definition) is 2. The van der Waals surface area contributed by atoms with Crippen molar-refractivity contribution in [2.24, 2.45) is 5.92 Å². The fourth-order valence-corrected chi connectivity index (χ4v) is 8.29. The summed E-state index contributed by atoms with van der Waals surface area (Å²) < 4.78 is 66.7. The van der Waals surface area contributed by atoms with Gasteiger partial charge in [-0.2, -0.15) is 13.2 Å². The lowest BCUT2D eigenvalue weighted by atomic mass is 9.91. The highest BCUT2D eigenvalue weighted by Gasteiger charge is 2.35. The molecule has 1 saturated heterocycles. The van der Waals surface area contributed by atoms with Gasteiger partial charge in [-0.15, -0.1) is 0 Å². The molecule has 2 aromatic carbocycles. The van der Waals surface area contributed by atoms with Crippen LogP contribution in [0.2, 0.25) is 0 Å². The Hall–Kier alpha value is -3.60. The number of amides is 1. The Labute approximate surface area is 255 Å². The number of halogens is 3. The number of nitrogens with one attached hydrogen (secondary N) is 2. The van der Waals surface area contributed by atoms with Crippen LogP contribution in [0.1, 0.15) is 69.4 Å². The third-order valence-electron chi connectivity index (χ3n) is 8.84. The lowest BCUT2D eigenvalue weighted by Gasteiger charge is -2.31. The molecule has 1 amide bonds. The molecule has 0 unspecified atom stereocenters. The molecular formula is C33H38F3N3O4S. The van der Waals surface area contributed by atoms with Crippen molar-refractivity contribution < 1.29 is 26.4 Å². The van der Waals surface area contributed by atoms with Crippen LogP contribution in [0.3, 0.4) is 0 Å². The molecule has 2 fully saturated rings. The van der Waals surface area contributed by atoms with Crippen LogP contribution in [0.15, 0.2) is 64.3 Å². The van der Waals surface area contributed by atoms with Gasteiger partial charge in [0, 0.05) is 47.4 Å². The first-order chi connectivity index (χ1) is 20.9. The molecule has 0 radical (unpaired) electrons. The molecule has 0 bridgehead atoms. The van der Waals surface area contributed by atoms with Crippen LogP contribution in [0.25, 0.3) is 17.0 Å². The number of alkyl halides is 3. The highest BCUT2D eigenvalue weighted by Crippen LogP contribution is 2.38. The van der Waals surface area contributed by atoms with Crippen molar-refractivity contribution in [1.29, 1.82) is 0 Å². The van der Waals surface area contributed by atoms with E-state index in [1.165, 1.54) is 24.6 Å². The van der Waals surface area contributed by atoms with Crippen molar-refractivity contribution in [3.8, 4) is 0 Å². The zero-order chi connectivity index (χ0) is 31.5. The Morgan fingerprint density at radius 3 is 2.45 bits per heavy atom. The maximum Gasteiger partial charge on any atom is 0.417 e. The summed E-state index contributed by atoms with van der Waals surface area (Å²) in [6, 6.07) is 12.0. The average Bonchev–Trinajstić information content (AvgIpc) is 3.35. The van der Waals surface area contributed by atoms with E-state index in [1.807, 2.05) is 6.92 Å². The molecule has 11 heteroatoms. The molecule has 236 valence electrons. The number of aromatic nitrogens is 1. The highest BCUT2D eigenvalue weighted by molar-refractivity contribution is 7.91. The normalized spacial score (nSPS) is 20.0. The molecule has 2 aliphatic rings. The molecular weight excluding hydrogens is 591 g/mol. The zero-order valence-corrected chi connectivity index (χ0v) is 25.5. The van der Waals surface area contributed by atoms with E-state index in [1.54, 1.807) is 36.4 Å². The fraction of sp³-hybridized carbons (Fsp3) is 0.455. The molecule has 44 heavy (non-hydrogen) atoms. The molecule has 5 rings (SSSR count). The van der Waals surface area contributed by atoms with Crippen molar-refractivity contribution >= 4 is 38.4 Å².